The number of amides is 2. The van der Waals surface area contributed by atoms with E-state index in [0.717, 1.165) is 12.3 Å². The van der Waals surface area contributed by atoms with Gasteiger partial charge in [-0.2, -0.15) is 5.10 Å². The fourth-order valence-electron chi connectivity index (χ4n) is 2.77. The van der Waals surface area contributed by atoms with E-state index in [-0.39, 0.29) is 43.9 Å². The van der Waals surface area contributed by atoms with Crippen LogP contribution >= 0.6 is 23.2 Å². The minimum Gasteiger partial charge on any atom is -0.504 e. The van der Waals surface area contributed by atoms with E-state index in [1.165, 1.54) is 55.6 Å². The van der Waals surface area contributed by atoms with Crippen LogP contribution in [0.5, 0.6) is 11.5 Å². The second kappa shape index (κ2) is 10.6. The smallest absolute Gasteiger partial charge is 0.271 e. The number of phenols is 1. The fraction of sp³-hybridized carbons (Fsp3) is 0.0455. The Morgan fingerprint density at radius 3 is 2.44 bits per heavy atom. The van der Waals surface area contributed by atoms with Crippen molar-refractivity contribution in [3.05, 3.63) is 91.4 Å². The van der Waals surface area contributed by atoms with E-state index in [1.807, 2.05) is 0 Å². The predicted molar refractivity (Wildman–Crippen MR) is 127 cm³/mol. The quantitative estimate of drug-likeness (QED) is 0.244. The van der Waals surface area contributed by atoms with Gasteiger partial charge in [0.25, 0.3) is 17.5 Å². The van der Waals surface area contributed by atoms with Crippen LogP contribution in [0.15, 0.2) is 59.7 Å². The molecule has 3 N–H and O–H groups in total. The standard InChI is InChI=1S/C22H16Cl2N4O6/c1-34-18-10-17(23)19(24)16(20(18)29)11-25-27-22(31)12-5-7-14(8-6-12)26-21(30)13-3-2-4-15(9-13)28(32)33/h2-11,29H,1H3,(H,26,30)(H,27,31). The number of hydrogen-bond acceptors (Lipinski definition) is 7. The van der Waals surface area contributed by atoms with Crippen molar-refractivity contribution < 1.29 is 24.4 Å². The first-order valence-corrected chi connectivity index (χ1v) is 10.2. The summed E-state index contributed by atoms with van der Waals surface area (Å²) in [6.45, 7) is 0. The Morgan fingerprint density at radius 2 is 1.79 bits per heavy atom. The Balaban J connectivity index is 1.66. The number of nitro groups is 1. The summed E-state index contributed by atoms with van der Waals surface area (Å²) in [5, 5.41) is 27.6. The minimum absolute atomic E-state index is 0.0295. The van der Waals surface area contributed by atoms with Gasteiger partial charge in [0.1, 0.15) is 0 Å². The number of rotatable bonds is 7. The molecule has 0 atom stereocenters. The van der Waals surface area contributed by atoms with Crippen LogP contribution in [0.4, 0.5) is 11.4 Å². The molecule has 0 heterocycles. The summed E-state index contributed by atoms with van der Waals surface area (Å²) < 4.78 is 5.00. The van der Waals surface area contributed by atoms with Crippen LogP contribution in [0.25, 0.3) is 0 Å². The number of carbonyl (C=O) groups is 2. The number of nitro benzene ring substituents is 1. The number of hydrogen-bond donors (Lipinski definition) is 3. The second-order valence-corrected chi connectivity index (χ2v) is 7.46. The lowest BCUT2D eigenvalue weighted by Crippen LogP contribution is -2.18. The van der Waals surface area contributed by atoms with Crippen LogP contribution in [0.3, 0.4) is 0 Å². The number of halogens is 2. The highest BCUT2D eigenvalue weighted by Crippen LogP contribution is 2.39. The summed E-state index contributed by atoms with van der Waals surface area (Å²) in [7, 11) is 1.35. The molecule has 12 heteroatoms. The third kappa shape index (κ3) is 5.61. The maximum atomic E-state index is 12.3. The van der Waals surface area contributed by atoms with Gasteiger partial charge in [-0.1, -0.05) is 29.3 Å². The molecule has 174 valence electrons. The summed E-state index contributed by atoms with van der Waals surface area (Å²) in [6.07, 6.45) is 1.12. The molecule has 0 aromatic heterocycles. The number of methoxy groups -OCH3 is 1. The summed E-state index contributed by atoms with van der Waals surface area (Å²) in [6, 6.07) is 12.5. The number of aromatic hydroxyl groups is 1. The van der Waals surface area contributed by atoms with Crippen molar-refractivity contribution in [2.24, 2.45) is 5.10 Å². The van der Waals surface area contributed by atoms with Crippen molar-refractivity contribution in [1.82, 2.24) is 5.43 Å². The van der Waals surface area contributed by atoms with Crippen molar-refractivity contribution in [3.63, 3.8) is 0 Å². The van der Waals surface area contributed by atoms with Crippen LogP contribution in [0, 0.1) is 10.1 Å². The summed E-state index contributed by atoms with van der Waals surface area (Å²) in [5.41, 5.74) is 2.86. The molecule has 0 saturated heterocycles. The number of non-ortho nitro benzene ring substituents is 1. The van der Waals surface area contributed by atoms with Crippen molar-refractivity contribution in [2.45, 2.75) is 0 Å². The van der Waals surface area contributed by atoms with E-state index in [9.17, 15) is 24.8 Å². The molecule has 3 rings (SSSR count). The first kappa shape index (κ1) is 24.5. The highest BCUT2D eigenvalue weighted by molar-refractivity contribution is 6.43. The predicted octanol–water partition coefficient (Wildman–Crippen LogP) is 4.63. The van der Waals surface area contributed by atoms with Crippen molar-refractivity contribution >= 4 is 52.6 Å². The molecule has 0 bridgehead atoms. The number of ether oxygens (including phenoxy) is 1. The molecule has 0 spiro atoms. The lowest BCUT2D eigenvalue weighted by molar-refractivity contribution is -0.384. The second-order valence-electron chi connectivity index (χ2n) is 6.67. The van der Waals surface area contributed by atoms with Crippen LogP contribution < -0.4 is 15.5 Å². The molecule has 0 unspecified atom stereocenters. The number of anilines is 1. The Bertz CT molecular complexity index is 1300. The van der Waals surface area contributed by atoms with Gasteiger partial charge in [-0.3, -0.25) is 19.7 Å². The molecule has 2 amide bonds. The average molecular weight is 503 g/mol. The van der Waals surface area contributed by atoms with Crippen molar-refractivity contribution in [1.29, 1.82) is 0 Å². The van der Waals surface area contributed by atoms with Gasteiger partial charge in [-0.15, -0.1) is 0 Å². The van der Waals surface area contributed by atoms with Crippen LogP contribution in [-0.2, 0) is 0 Å². The number of nitrogens with zero attached hydrogens (tertiary/aromatic N) is 2. The van der Waals surface area contributed by atoms with Gasteiger partial charge in [-0.05, 0) is 30.3 Å². The summed E-state index contributed by atoms with van der Waals surface area (Å²) >= 11 is 12.1. The van der Waals surface area contributed by atoms with E-state index in [2.05, 4.69) is 15.8 Å². The van der Waals surface area contributed by atoms with Crippen molar-refractivity contribution in [3.8, 4) is 11.5 Å². The molecule has 0 saturated carbocycles. The molecule has 0 radical (unpaired) electrons. The summed E-state index contributed by atoms with van der Waals surface area (Å²) in [4.78, 5) is 34.9. The molecule has 10 nitrogen and oxygen atoms in total. The molecule has 0 aliphatic carbocycles. The van der Waals surface area contributed by atoms with Gasteiger partial charge in [0, 0.05) is 35.0 Å². The van der Waals surface area contributed by atoms with E-state index in [0.29, 0.717) is 5.69 Å². The maximum absolute atomic E-state index is 12.3. The Kier molecular flexibility index (Phi) is 7.67. The van der Waals surface area contributed by atoms with Gasteiger partial charge in [0.05, 0.1) is 33.9 Å². The van der Waals surface area contributed by atoms with E-state index in [4.69, 9.17) is 27.9 Å². The van der Waals surface area contributed by atoms with Gasteiger partial charge >= 0.3 is 0 Å². The fourth-order valence-corrected chi connectivity index (χ4v) is 3.17. The highest BCUT2D eigenvalue weighted by atomic mass is 35.5. The molecule has 0 aliphatic rings. The first-order valence-electron chi connectivity index (χ1n) is 9.45. The molecule has 0 aliphatic heterocycles. The molecule has 0 fully saturated rings. The van der Waals surface area contributed by atoms with Gasteiger partial charge in [0.15, 0.2) is 11.5 Å². The zero-order chi connectivity index (χ0) is 24.8. The van der Waals surface area contributed by atoms with E-state index >= 15 is 0 Å². The lowest BCUT2D eigenvalue weighted by Gasteiger charge is -2.09. The third-order valence-electron chi connectivity index (χ3n) is 4.50. The Morgan fingerprint density at radius 1 is 1.09 bits per heavy atom. The van der Waals surface area contributed by atoms with E-state index in [1.54, 1.807) is 0 Å². The number of benzene rings is 3. The van der Waals surface area contributed by atoms with Crippen LogP contribution in [0.1, 0.15) is 26.3 Å². The van der Waals surface area contributed by atoms with Gasteiger partial charge in [0.2, 0.25) is 0 Å². The van der Waals surface area contributed by atoms with Gasteiger partial charge in [-0.25, -0.2) is 5.43 Å². The van der Waals surface area contributed by atoms with E-state index < -0.39 is 16.7 Å². The van der Waals surface area contributed by atoms with Crippen molar-refractivity contribution in [2.75, 3.05) is 12.4 Å². The Labute approximate surface area is 202 Å². The molecular formula is C22H16Cl2N4O6. The minimum atomic E-state index is -0.592. The highest BCUT2D eigenvalue weighted by Gasteiger charge is 2.15. The molecule has 3 aromatic rings. The van der Waals surface area contributed by atoms with Crippen LogP contribution in [-0.4, -0.2) is 35.2 Å². The Hall–Kier alpha value is -4.15. The van der Waals surface area contributed by atoms with Crippen LogP contribution in [0.2, 0.25) is 10.0 Å². The number of phenolic OH excluding ortho intramolecular Hbond substituents is 1. The zero-order valence-electron chi connectivity index (χ0n) is 17.4. The largest absolute Gasteiger partial charge is 0.504 e. The normalized spacial score (nSPS) is 10.7. The SMILES string of the molecule is COc1cc(Cl)c(Cl)c(C=NNC(=O)c2ccc(NC(=O)c3cccc([N+](=O)[O-])c3)cc2)c1O. The third-order valence-corrected chi connectivity index (χ3v) is 5.30. The number of carbonyl (C=O) groups excluding carboxylic acids is 2. The zero-order valence-corrected chi connectivity index (χ0v) is 18.9. The lowest BCUT2D eigenvalue weighted by atomic mass is 10.1. The average Bonchev–Trinajstić information content (AvgIpc) is 2.83. The van der Waals surface area contributed by atoms with Gasteiger partial charge < -0.3 is 15.2 Å². The molecular weight excluding hydrogens is 487 g/mol. The number of nitrogens with one attached hydrogen (secondary N) is 2. The summed E-state index contributed by atoms with van der Waals surface area (Å²) in [5.74, 6) is -1.32. The first-order chi connectivity index (χ1) is 16.2. The maximum Gasteiger partial charge on any atom is 0.271 e. The molecule has 3 aromatic carbocycles. The monoisotopic (exact) mass is 502 g/mol. The topological polar surface area (TPSA) is 143 Å². The molecule has 34 heavy (non-hydrogen) atoms. The number of hydrazone groups is 1.